The first-order chi connectivity index (χ1) is 13.8. The highest BCUT2D eigenvalue weighted by molar-refractivity contribution is 5.88. The molecule has 0 bridgehead atoms. The molecule has 0 amide bonds. The summed E-state index contributed by atoms with van der Waals surface area (Å²) < 4.78 is 7.70. The predicted molar refractivity (Wildman–Crippen MR) is 109 cm³/mol. The van der Waals surface area contributed by atoms with Crippen LogP contribution in [0, 0.1) is 0 Å². The summed E-state index contributed by atoms with van der Waals surface area (Å²) in [5.74, 6) is 7.76. The van der Waals surface area contributed by atoms with E-state index in [4.69, 9.17) is 15.6 Å². The molecule has 0 atom stereocenters. The number of imidazole rings is 1. The molecule has 148 valence electrons. The average molecular weight is 382 g/mol. The molecule has 1 aliphatic carbocycles. The number of rotatable bonds is 4. The van der Waals surface area contributed by atoms with Gasteiger partial charge in [-0.3, -0.25) is 10.4 Å². The summed E-state index contributed by atoms with van der Waals surface area (Å²) >= 11 is 0. The minimum Gasteiger partial charge on any atom is -0.378 e. The van der Waals surface area contributed by atoms with Gasteiger partial charge < -0.3 is 14.2 Å². The van der Waals surface area contributed by atoms with Crippen molar-refractivity contribution >= 4 is 22.9 Å². The van der Waals surface area contributed by atoms with Crippen molar-refractivity contribution in [1.29, 1.82) is 0 Å². The molecule has 9 nitrogen and oxygen atoms in total. The zero-order valence-electron chi connectivity index (χ0n) is 16.3. The van der Waals surface area contributed by atoms with Crippen LogP contribution < -0.4 is 16.2 Å². The lowest BCUT2D eigenvalue weighted by atomic mass is 10.2. The van der Waals surface area contributed by atoms with Crippen LogP contribution in [0.2, 0.25) is 0 Å². The highest BCUT2D eigenvalue weighted by Gasteiger charge is 2.31. The van der Waals surface area contributed by atoms with E-state index < -0.39 is 0 Å². The number of hydrazine groups is 1. The molecule has 3 aromatic heterocycles. The molecule has 0 aromatic carbocycles. The Hall–Kier alpha value is -2.78. The second kappa shape index (κ2) is 8.07. The number of anilines is 2. The van der Waals surface area contributed by atoms with E-state index in [9.17, 15) is 0 Å². The van der Waals surface area contributed by atoms with Crippen molar-refractivity contribution in [3.63, 3.8) is 0 Å². The smallest absolute Gasteiger partial charge is 0.241 e. The molecule has 0 spiro atoms. The van der Waals surface area contributed by atoms with Crippen LogP contribution in [0.1, 0.15) is 32.7 Å². The van der Waals surface area contributed by atoms with E-state index in [-0.39, 0.29) is 0 Å². The van der Waals surface area contributed by atoms with Crippen molar-refractivity contribution in [1.82, 2.24) is 24.5 Å². The predicted octanol–water partition coefficient (Wildman–Crippen LogP) is 2.37. The molecule has 0 radical (unpaired) electrons. The van der Waals surface area contributed by atoms with E-state index in [0.29, 0.717) is 25.2 Å². The largest absolute Gasteiger partial charge is 0.378 e. The van der Waals surface area contributed by atoms with Gasteiger partial charge in [0.25, 0.3) is 0 Å². The summed E-state index contributed by atoms with van der Waals surface area (Å²) in [4.78, 5) is 20.5. The number of nitrogens with one attached hydrogen (secondary N) is 1. The lowest BCUT2D eigenvalue weighted by molar-refractivity contribution is 0.122. The molecule has 2 fully saturated rings. The first-order valence-electron chi connectivity index (χ1n) is 9.85. The fourth-order valence-corrected chi connectivity index (χ4v) is 3.40. The number of nitrogen functional groups attached to an aromatic ring is 1. The minimum atomic E-state index is 0.405. The number of nitrogens with two attached hydrogens (primary N) is 1. The fraction of sp³-hybridized carbons (Fsp3) is 0.474. The number of morpholine rings is 1. The number of hydrogen-bond acceptors (Lipinski definition) is 8. The summed E-state index contributed by atoms with van der Waals surface area (Å²) in [7, 11) is 0. The number of nitrogens with zero attached hydrogens (tertiary/aromatic N) is 6. The molecule has 5 rings (SSSR count). The Morgan fingerprint density at radius 2 is 1.79 bits per heavy atom. The van der Waals surface area contributed by atoms with E-state index >= 15 is 0 Å². The third-order valence-corrected chi connectivity index (χ3v) is 4.81. The summed E-state index contributed by atoms with van der Waals surface area (Å²) in [5, 5.41) is 0. The monoisotopic (exact) mass is 382 g/mol. The Morgan fingerprint density at radius 1 is 1.07 bits per heavy atom. The molecule has 4 heterocycles. The van der Waals surface area contributed by atoms with E-state index in [2.05, 4.69) is 29.8 Å². The Kier molecular flexibility index (Phi) is 5.36. The van der Waals surface area contributed by atoms with Gasteiger partial charge in [0.15, 0.2) is 17.0 Å². The second-order valence-corrected chi connectivity index (χ2v) is 6.56. The van der Waals surface area contributed by atoms with Gasteiger partial charge in [0.1, 0.15) is 5.82 Å². The average Bonchev–Trinajstić information content (AvgIpc) is 3.55. The van der Waals surface area contributed by atoms with Gasteiger partial charge in [-0.1, -0.05) is 13.8 Å². The highest BCUT2D eigenvalue weighted by atomic mass is 16.5. The van der Waals surface area contributed by atoms with Crippen molar-refractivity contribution in [3.05, 3.63) is 24.5 Å². The number of aromatic nitrogens is 5. The Morgan fingerprint density at radius 3 is 2.43 bits per heavy atom. The van der Waals surface area contributed by atoms with Crippen LogP contribution >= 0.6 is 0 Å². The standard InChI is InChI=1S/C17H20N8O.C2H6/c18-23-17-21-15(24-7-9-26-10-8-24)13-16(22-17)25(12-1-2-12)14(20-13)11-3-5-19-6-4-11;1-2/h3-6,12H,1-2,7-10,18H2,(H,21,22,23);1-2H3. The number of hydrogen-bond donors (Lipinski definition) is 2. The summed E-state index contributed by atoms with van der Waals surface area (Å²) in [6.45, 7) is 6.91. The number of fused-ring (bicyclic) bond motifs is 1. The maximum absolute atomic E-state index is 5.64. The van der Waals surface area contributed by atoms with Crippen LogP contribution in [0.4, 0.5) is 11.8 Å². The fourth-order valence-electron chi connectivity index (χ4n) is 3.40. The lowest BCUT2D eigenvalue weighted by Gasteiger charge is -2.28. The molecule has 28 heavy (non-hydrogen) atoms. The van der Waals surface area contributed by atoms with Crippen LogP contribution in [0.5, 0.6) is 0 Å². The molecule has 2 aliphatic rings. The van der Waals surface area contributed by atoms with Crippen molar-refractivity contribution in [2.75, 3.05) is 36.6 Å². The summed E-state index contributed by atoms with van der Waals surface area (Å²) in [6.07, 6.45) is 5.83. The third kappa shape index (κ3) is 3.38. The minimum absolute atomic E-state index is 0.405. The molecule has 9 heteroatoms. The van der Waals surface area contributed by atoms with Gasteiger partial charge in [-0.25, -0.2) is 10.8 Å². The van der Waals surface area contributed by atoms with Gasteiger partial charge in [-0.05, 0) is 25.0 Å². The molecular weight excluding hydrogens is 356 g/mol. The van der Waals surface area contributed by atoms with Crippen LogP contribution in [0.15, 0.2) is 24.5 Å². The van der Waals surface area contributed by atoms with Gasteiger partial charge in [0.2, 0.25) is 5.95 Å². The van der Waals surface area contributed by atoms with Crippen molar-refractivity contribution < 1.29 is 4.74 Å². The number of ether oxygens (including phenoxy) is 1. The number of pyridine rings is 1. The summed E-state index contributed by atoms with van der Waals surface area (Å²) in [5.41, 5.74) is 5.26. The molecule has 1 aliphatic heterocycles. The lowest BCUT2D eigenvalue weighted by Crippen LogP contribution is -2.37. The molecule has 1 saturated heterocycles. The highest BCUT2D eigenvalue weighted by Crippen LogP contribution is 2.42. The molecule has 3 N–H and O–H groups in total. The van der Waals surface area contributed by atoms with Gasteiger partial charge in [0, 0.05) is 37.1 Å². The Bertz CT molecular complexity index is 932. The van der Waals surface area contributed by atoms with Crippen LogP contribution in [0.3, 0.4) is 0 Å². The van der Waals surface area contributed by atoms with E-state index in [1.807, 2.05) is 26.0 Å². The van der Waals surface area contributed by atoms with Crippen LogP contribution in [-0.2, 0) is 4.74 Å². The van der Waals surface area contributed by atoms with Gasteiger partial charge in [-0.15, -0.1) is 0 Å². The quantitative estimate of drug-likeness (QED) is 0.523. The van der Waals surface area contributed by atoms with E-state index in [1.165, 1.54) is 0 Å². The second-order valence-electron chi connectivity index (χ2n) is 6.56. The van der Waals surface area contributed by atoms with Crippen molar-refractivity contribution in [2.45, 2.75) is 32.7 Å². The maximum atomic E-state index is 5.64. The third-order valence-electron chi connectivity index (χ3n) is 4.81. The molecule has 1 saturated carbocycles. The zero-order chi connectivity index (χ0) is 19.5. The molecule has 0 unspecified atom stereocenters. The normalized spacial score (nSPS) is 16.6. The van der Waals surface area contributed by atoms with Crippen LogP contribution in [0.25, 0.3) is 22.6 Å². The van der Waals surface area contributed by atoms with Crippen molar-refractivity contribution in [3.8, 4) is 11.4 Å². The van der Waals surface area contributed by atoms with Crippen LogP contribution in [-0.4, -0.2) is 50.8 Å². The molecule has 3 aromatic rings. The maximum Gasteiger partial charge on any atom is 0.241 e. The Labute approximate surface area is 163 Å². The topological polar surface area (TPSA) is 107 Å². The van der Waals surface area contributed by atoms with Gasteiger partial charge in [-0.2, -0.15) is 9.97 Å². The van der Waals surface area contributed by atoms with E-state index in [1.54, 1.807) is 12.4 Å². The van der Waals surface area contributed by atoms with E-state index in [0.717, 1.165) is 54.3 Å². The first-order valence-corrected chi connectivity index (χ1v) is 9.85. The SMILES string of the molecule is CC.NNc1nc(N2CCOCC2)c2nc(-c3ccncc3)n(C3CC3)c2n1. The van der Waals surface area contributed by atoms with Crippen molar-refractivity contribution in [2.24, 2.45) is 5.84 Å². The van der Waals surface area contributed by atoms with Gasteiger partial charge >= 0.3 is 0 Å². The zero-order valence-corrected chi connectivity index (χ0v) is 16.3. The molecular formula is C19H26N8O. The first kappa shape index (κ1) is 18.6. The summed E-state index contributed by atoms with van der Waals surface area (Å²) in [6, 6.07) is 4.37. The van der Waals surface area contributed by atoms with Gasteiger partial charge in [0.05, 0.1) is 13.2 Å². The Balaban J connectivity index is 0.000000932.